The molecule has 0 atom stereocenters. The molecule has 0 aliphatic rings. The van der Waals surface area contributed by atoms with Gasteiger partial charge in [-0.15, -0.1) is 11.3 Å². The fourth-order valence-corrected chi connectivity index (χ4v) is 2.63. The highest BCUT2D eigenvalue weighted by Gasteiger charge is 2.06. The third-order valence-corrected chi connectivity index (χ3v) is 4.06. The largest absolute Gasteiger partial charge is 0.507 e. The number of hydrogen-bond donors (Lipinski definition) is 2. The van der Waals surface area contributed by atoms with Crippen LogP contribution < -0.4 is 5.32 Å². The van der Waals surface area contributed by atoms with Crippen LogP contribution in [0.1, 0.15) is 21.6 Å². The molecule has 0 bridgehead atoms. The molecule has 0 saturated carbocycles. The van der Waals surface area contributed by atoms with E-state index in [2.05, 4.69) is 23.7 Å². The average Bonchev–Trinajstić information content (AvgIpc) is 2.71. The first-order chi connectivity index (χ1) is 8.09. The van der Waals surface area contributed by atoms with Gasteiger partial charge >= 0.3 is 0 Å². The molecule has 0 amide bonds. The van der Waals surface area contributed by atoms with Crippen molar-refractivity contribution < 1.29 is 5.11 Å². The van der Waals surface area contributed by atoms with Crippen LogP contribution in [0.5, 0.6) is 5.75 Å². The Morgan fingerprint density at radius 2 is 1.88 bits per heavy atom. The van der Waals surface area contributed by atoms with Crippen LogP contribution in [-0.4, -0.2) is 5.11 Å². The summed E-state index contributed by atoms with van der Waals surface area (Å²) < 4.78 is 0. The smallest absolute Gasteiger partial charge is 0.123 e. The summed E-state index contributed by atoms with van der Waals surface area (Å²) in [4.78, 5) is 1.34. The zero-order valence-corrected chi connectivity index (χ0v) is 11.2. The lowest BCUT2D eigenvalue weighted by atomic mass is 10.1. The molecule has 1 aromatic carbocycles. The molecular formula is C14H17NOS. The van der Waals surface area contributed by atoms with E-state index in [1.807, 2.05) is 26.0 Å². The van der Waals surface area contributed by atoms with Gasteiger partial charge in [-0.2, -0.15) is 0 Å². The molecule has 2 N–H and O–H groups in total. The highest BCUT2D eigenvalue weighted by molar-refractivity contribution is 7.10. The Balaban J connectivity index is 2.15. The van der Waals surface area contributed by atoms with Crippen LogP contribution in [0.4, 0.5) is 5.69 Å². The van der Waals surface area contributed by atoms with Gasteiger partial charge in [0.2, 0.25) is 0 Å². The number of hydrogen-bond acceptors (Lipinski definition) is 3. The van der Waals surface area contributed by atoms with Crippen LogP contribution >= 0.6 is 11.3 Å². The van der Waals surface area contributed by atoms with E-state index in [1.54, 1.807) is 11.3 Å². The lowest BCUT2D eigenvalue weighted by Crippen LogP contribution is -2.01. The van der Waals surface area contributed by atoms with Crippen molar-refractivity contribution in [2.45, 2.75) is 27.3 Å². The minimum absolute atomic E-state index is 0.387. The van der Waals surface area contributed by atoms with E-state index in [0.717, 1.165) is 23.4 Å². The Bertz CT molecular complexity index is 531. The predicted octanol–water partition coefficient (Wildman–Crippen LogP) is 3.99. The lowest BCUT2D eigenvalue weighted by Gasteiger charge is -2.12. The second-order valence-electron chi connectivity index (χ2n) is 4.28. The van der Waals surface area contributed by atoms with E-state index in [4.69, 9.17) is 0 Å². The molecule has 2 nitrogen and oxygen atoms in total. The van der Waals surface area contributed by atoms with Crippen molar-refractivity contribution >= 4 is 17.0 Å². The highest BCUT2D eigenvalue weighted by atomic mass is 32.1. The topological polar surface area (TPSA) is 32.3 Å². The number of thiophene rings is 1. The van der Waals surface area contributed by atoms with E-state index in [-0.39, 0.29) is 0 Å². The van der Waals surface area contributed by atoms with Crippen molar-refractivity contribution in [3.63, 3.8) is 0 Å². The minimum atomic E-state index is 0.387. The molecule has 90 valence electrons. The van der Waals surface area contributed by atoms with Crippen molar-refractivity contribution in [1.82, 2.24) is 0 Å². The lowest BCUT2D eigenvalue weighted by molar-refractivity contribution is 0.467. The summed E-state index contributed by atoms with van der Waals surface area (Å²) in [5.74, 6) is 0.387. The van der Waals surface area contributed by atoms with Crippen LogP contribution in [0.3, 0.4) is 0 Å². The molecule has 1 heterocycles. The normalized spacial score (nSPS) is 10.5. The summed E-state index contributed by atoms with van der Waals surface area (Å²) >= 11 is 1.76. The van der Waals surface area contributed by atoms with Gasteiger partial charge in [-0.1, -0.05) is 6.07 Å². The van der Waals surface area contributed by atoms with E-state index in [1.165, 1.54) is 10.4 Å². The number of nitrogens with one attached hydrogen (secondary N) is 1. The van der Waals surface area contributed by atoms with Gasteiger partial charge in [0.1, 0.15) is 5.75 Å². The predicted molar refractivity (Wildman–Crippen MR) is 74.0 cm³/mol. The first kappa shape index (κ1) is 12.0. The Hall–Kier alpha value is -1.48. The van der Waals surface area contributed by atoms with Gasteiger partial charge < -0.3 is 10.4 Å². The molecule has 0 fully saturated rings. The SMILES string of the molecule is Cc1ccsc1CNc1ccc(C)c(O)c1C. The molecule has 0 spiro atoms. The van der Waals surface area contributed by atoms with Gasteiger partial charge in [0.05, 0.1) is 0 Å². The fourth-order valence-electron chi connectivity index (χ4n) is 1.79. The Morgan fingerprint density at radius 1 is 1.12 bits per heavy atom. The fraction of sp³-hybridized carbons (Fsp3) is 0.286. The van der Waals surface area contributed by atoms with Crippen LogP contribution in [0.25, 0.3) is 0 Å². The molecule has 0 aliphatic carbocycles. The molecule has 1 aromatic heterocycles. The second kappa shape index (κ2) is 4.80. The molecule has 2 aromatic rings. The van der Waals surface area contributed by atoms with Gasteiger partial charge in [-0.3, -0.25) is 0 Å². The summed E-state index contributed by atoms with van der Waals surface area (Å²) in [6.07, 6.45) is 0. The first-order valence-corrected chi connectivity index (χ1v) is 6.53. The number of rotatable bonds is 3. The molecule has 0 radical (unpaired) electrons. The summed E-state index contributed by atoms with van der Waals surface area (Å²) in [6.45, 7) is 6.78. The van der Waals surface area contributed by atoms with Crippen molar-refractivity contribution in [3.05, 3.63) is 45.1 Å². The summed E-state index contributed by atoms with van der Waals surface area (Å²) in [6, 6.07) is 6.08. The van der Waals surface area contributed by atoms with Crippen LogP contribution in [0, 0.1) is 20.8 Å². The zero-order valence-electron chi connectivity index (χ0n) is 10.4. The Labute approximate surface area is 106 Å². The summed E-state index contributed by atoms with van der Waals surface area (Å²) in [7, 11) is 0. The van der Waals surface area contributed by atoms with Gasteiger partial charge in [0.25, 0.3) is 0 Å². The van der Waals surface area contributed by atoms with E-state index >= 15 is 0 Å². The molecule has 17 heavy (non-hydrogen) atoms. The molecule has 0 aliphatic heterocycles. The number of aromatic hydroxyl groups is 1. The van der Waals surface area contributed by atoms with Gasteiger partial charge in [-0.05, 0) is 49.4 Å². The number of anilines is 1. The summed E-state index contributed by atoms with van der Waals surface area (Å²) in [5.41, 5.74) is 4.15. The monoisotopic (exact) mass is 247 g/mol. The maximum atomic E-state index is 9.86. The van der Waals surface area contributed by atoms with Crippen molar-refractivity contribution in [2.24, 2.45) is 0 Å². The molecular weight excluding hydrogens is 230 g/mol. The quantitative estimate of drug-likeness (QED) is 0.859. The maximum absolute atomic E-state index is 9.86. The van der Waals surface area contributed by atoms with Gasteiger partial charge in [0.15, 0.2) is 0 Å². The van der Waals surface area contributed by atoms with Crippen LogP contribution in [0.15, 0.2) is 23.6 Å². The van der Waals surface area contributed by atoms with Crippen molar-refractivity contribution in [3.8, 4) is 5.75 Å². The molecule has 0 unspecified atom stereocenters. The first-order valence-electron chi connectivity index (χ1n) is 5.65. The molecule has 3 heteroatoms. The second-order valence-corrected chi connectivity index (χ2v) is 5.28. The number of benzene rings is 1. The zero-order chi connectivity index (χ0) is 12.4. The third-order valence-electron chi connectivity index (χ3n) is 3.04. The van der Waals surface area contributed by atoms with Crippen molar-refractivity contribution in [2.75, 3.05) is 5.32 Å². The van der Waals surface area contributed by atoms with Crippen LogP contribution in [-0.2, 0) is 6.54 Å². The van der Waals surface area contributed by atoms with Gasteiger partial charge in [0, 0.05) is 22.7 Å². The van der Waals surface area contributed by atoms with Gasteiger partial charge in [-0.25, -0.2) is 0 Å². The standard InChI is InChI=1S/C14H17NOS/c1-9-6-7-17-13(9)8-15-12-5-4-10(2)14(16)11(12)3/h4-7,15-16H,8H2,1-3H3. The van der Waals surface area contributed by atoms with E-state index in [9.17, 15) is 5.11 Å². The maximum Gasteiger partial charge on any atom is 0.123 e. The minimum Gasteiger partial charge on any atom is -0.507 e. The number of phenols is 1. The van der Waals surface area contributed by atoms with E-state index < -0.39 is 0 Å². The third kappa shape index (κ3) is 2.44. The number of aryl methyl sites for hydroxylation is 2. The average molecular weight is 247 g/mol. The van der Waals surface area contributed by atoms with E-state index in [0.29, 0.717) is 5.75 Å². The summed E-state index contributed by atoms with van der Waals surface area (Å²) in [5, 5.41) is 15.3. The highest BCUT2D eigenvalue weighted by Crippen LogP contribution is 2.28. The molecule has 0 saturated heterocycles. The molecule has 2 rings (SSSR count). The van der Waals surface area contributed by atoms with Crippen molar-refractivity contribution in [1.29, 1.82) is 0 Å². The Kier molecular flexibility index (Phi) is 3.38. The van der Waals surface area contributed by atoms with Crippen LogP contribution in [0.2, 0.25) is 0 Å². The Morgan fingerprint density at radius 3 is 2.53 bits per heavy atom. The number of phenolic OH excluding ortho intramolecular Hbond substituents is 1.